The molecule has 100 valence electrons. The monoisotopic (exact) mass is 339 g/mol. The first-order valence-corrected chi connectivity index (χ1v) is 7.28. The van der Waals surface area contributed by atoms with Crippen molar-refractivity contribution in [2.24, 2.45) is 5.73 Å². The predicted molar refractivity (Wildman–Crippen MR) is 83.5 cm³/mol. The van der Waals surface area contributed by atoms with Gasteiger partial charge < -0.3 is 16.4 Å². The summed E-state index contributed by atoms with van der Waals surface area (Å²) in [7, 11) is 1.96. The molecule has 1 aromatic heterocycles. The number of nitrogen functional groups attached to an aromatic ring is 1. The van der Waals surface area contributed by atoms with Crippen molar-refractivity contribution in [3.05, 3.63) is 44.6 Å². The topological polar surface area (TPSA) is 72.3 Å². The van der Waals surface area contributed by atoms with E-state index in [-0.39, 0.29) is 0 Å². The second kappa shape index (κ2) is 5.63. The van der Waals surface area contributed by atoms with Gasteiger partial charge in [0.2, 0.25) is 0 Å². The molecule has 1 aromatic carbocycles. The number of nitrogens with zero attached hydrogens (tertiary/aromatic N) is 1. The molecular weight excluding hydrogens is 326 g/mol. The van der Waals surface area contributed by atoms with Crippen molar-refractivity contribution < 1.29 is 4.79 Å². The molecule has 0 saturated carbocycles. The fraction of sp³-hybridized carbons (Fsp3) is 0.154. The van der Waals surface area contributed by atoms with Gasteiger partial charge in [-0.25, -0.2) is 0 Å². The number of halogens is 1. The van der Waals surface area contributed by atoms with Crippen molar-refractivity contribution in [3.63, 3.8) is 0 Å². The molecule has 0 atom stereocenters. The van der Waals surface area contributed by atoms with E-state index in [1.54, 1.807) is 23.5 Å². The van der Waals surface area contributed by atoms with Crippen LogP contribution in [0.3, 0.4) is 0 Å². The SMILES string of the molecule is CN(Cc1csc(Br)c1)c1ccc(N)c(C(N)=O)c1. The van der Waals surface area contributed by atoms with Crippen molar-refractivity contribution in [1.29, 1.82) is 0 Å². The Morgan fingerprint density at radius 3 is 2.74 bits per heavy atom. The fourth-order valence-corrected chi connectivity index (χ4v) is 2.99. The maximum atomic E-state index is 11.3. The van der Waals surface area contributed by atoms with Crippen molar-refractivity contribution in [3.8, 4) is 0 Å². The number of hydrogen-bond donors (Lipinski definition) is 2. The number of amides is 1. The first kappa shape index (κ1) is 13.9. The second-order valence-electron chi connectivity index (χ2n) is 4.25. The number of carbonyl (C=O) groups is 1. The molecule has 4 nitrogen and oxygen atoms in total. The van der Waals surface area contributed by atoms with Crippen LogP contribution in [0.5, 0.6) is 0 Å². The summed E-state index contributed by atoms with van der Waals surface area (Å²) in [6.07, 6.45) is 0. The standard InChI is InChI=1S/C13H14BrN3OS/c1-17(6-8-4-12(14)19-7-8)9-2-3-11(15)10(5-9)13(16)18/h2-5,7H,6,15H2,1H3,(H2,16,18). The van der Waals surface area contributed by atoms with Crippen LogP contribution in [0.15, 0.2) is 33.4 Å². The Labute approximate surface area is 124 Å². The minimum Gasteiger partial charge on any atom is -0.398 e. The van der Waals surface area contributed by atoms with Crippen LogP contribution in [-0.4, -0.2) is 13.0 Å². The summed E-state index contributed by atoms with van der Waals surface area (Å²) in [4.78, 5) is 13.3. The van der Waals surface area contributed by atoms with E-state index in [0.29, 0.717) is 11.3 Å². The molecule has 0 saturated heterocycles. The van der Waals surface area contributed by atoms with Gasteiger partial charge >= 0.3 is 0 Å². The van der Waals surface area contributed by atoms with Crippen LogP contribution in [0.2, 0.25) is 0 Å². The van der Waals surface area contributed by atoms with Crippen LogP contribution in [0.1, 0.15) is 15.9 Å². The molecule has 2 aromatic rings. The Balaban J connectivity index is 2.21. The zero-order valence-corrected chi connectivity index (χ0v) is 12.8. The van der Waals surface area contributed by atoms with E-state index in [0.717, 1.165) is 16.0 Å². The Morgan fingerprint density at radius 1 is 1.42 bits per heavy atom. The van der Waals surface area contributed by atoms with Gasteiger partial charge in [-0.1, -0.05) is 0 Å². The van der Waals surface area contributed by atoms with E-state index >= 15 is 0 Å². The lowest BCUT2D eigenvalue weighted by atomic mass is 10.1. The lowest BCUT2D eigenvalue weighted by Gasteiger charge is -2.19. The Kier molecular flexibility index (Phi) is 4.11. The molecule has 19 heavy (non-hydrogen) atoms. The molecule has 0 aliphatic heterocycles. The normalized spacial score (nSPS) is 10.4. The number of primary amides is 1. The molecule has 0 radical (unpaired) electrons. The van der Waals surface area contributed by atoms with Gasteiger partial charge in [0.25, 0.3) is 5.91 Å². The molecule has 6 heteroatoms. The van der Waals surface area contributed by atoms with Crippen LogP contribution in [0.25, 0.3) is 0 Å². The largest absolute Gasteiger partial charge is 0.398 e. The third kappa shape index (κ3) is 3.27. The summed E-state index contributed by atoms with van der Waals surface area (Å²) in [6.45, 7) is 0.754. The number of rotatable bonds is 4. The molecule has 0 unspecified atom stereocenters. The number of nitrogens with two attached hydrogens (primary N) is 2. The summed E-state index contributed by atoms with van der Waals surface area (Å²) < 4.78 is 1.10. The number of thiophene rings is 1. The highest BCUT2D eigenvalue weighted by Crippen LogP contribution is 2.25. The van der Waals surface area contributed by atoms with E-state index in [1.165, 1.54) is 5.56 Å². The van der Waals surface area contributed by atoms with Gasteiger partial charge in [-0.3, -0.25) is 4.79 Å². The lowest BCUT2D eigenvalue weighted by molar-refractivity contribution is 0.100. The zero-order valence-electron chi connectivity index (χ0n) is 10.4. The van der Waals surface area contributed by atoms with Crippen molar-refractivity contribution >= 4 is 44.5 Å². The first-order valence-electron chi connectivity index (χ1n) is 5.60. The number of benzene rings is 1. The average molecular weight is 340 g/mol. The van der Waals surface area contributed by atoms with E-state index in [2.05, 4.69) is 27.4 Å². The van der Waals surface area contributed by atoms with Crippen LogP contribution in [0, 0.1) is 0 Å². The molecular formula is C13H14BrN3OS. The third-order valence-electron chi connectivity index (χ3n) is 2.78. The van der Waals surface area contributed by atoms with Gasteiger partial charge in [0.1, 0.15) is 0 Å². The molecule has 1 amide bonds. The quantitative estimate of drug-likeness (QED) is 0.841. The maximum Gasteiger partial charge on any atom is 0.250 e. The summed E-state index contributed by atoms with van der Waals surface area (Å²) in [5.74, 6) is -0.508. The highest BCUT2D eigenvalue weighted by Gasteiger charge is 2.10. The summed E-state index contributed by atoms with van der Waals surface area (Å²) in [5.41, 5.74) is 13.9. The van der Waals surface area contributed by atoms with Crippen molar-refractivity contribution in [2.45, 2.75) is 6.54 Å². The molecule has 0 aliphatic rings. The molecule has 0 aliphatic carbocycles. The van der Waals surface area contributed by atoms with Gasteiger partial charge in [0, 0.05) is 25.0 Å². The van der Waals surface area contributed by atoms with E-state index in [9.17, 15) is 4.79 Å². The number of carbonyl (C=O) groups excluding carboxylic acids is 1. The molecule has 1 heterocycles. The van der Waals surface area contributed by atoms with Crippen LogP contribution in [-0.2, 0) is 6.54 Å². The number of anilines is 2. The molecule has 0 spiro atoms. The van der Waals surface area contributed by atoms with E-state index in [4.69, 9.17) is 11.5 Å². The molecule has 0 bridgehead atoms. The highest BCUT2D eigenvalue weighted by molar-refractivity contribution is 9.11. The molecule has 4 N–H and O–H groups in total. The summed E-state index contributed by atoms with van der Waals surface area (Å²) in [6, 6.07) is 7.38. The minimum absolute atomic E-state index is 0.357. The number of hydrogen-bond acceptors (Lipinski definition) is 4. The Hall–Kier alpha value is -1.53. The van der Waals surface area contributed by atoms with E-state index < -0.39 is 5.91 Å². The van der Waals surface area contributed by atoms with Crippen LogP contribution in [0.4, 0.5) is 11.4 Å². The predicted octanol–water partition coefficient (Wildman–Crippen LogP) is 2.83. The third-order valence-corrected chi connectivity index (χ3v) is 4.34. The Morgan fingerprint density at radius 2 is 2.16 bits per heavy atom. The summed E-state index contributed by atoms with van der Waals surface area (Å²) in [5, 5.41) is 2.09. The average Bonchev–Trinajstić information content (AvgIpc) is 2.74. The van der Waals surface area contributed by atoms with Gasteiger partial charge in [-0.15, -0.1) is 11.3 Å². The van der Waals surface area contributed by atoms with Crippen molar-refractivity contribution in [1.82, 2.24) is 0 Å². The van der Waals surface area contributed by atoms with Crippen LogP contribution < -0.4 is 16.4 Å². The van der Waals surface area contributed by atoms with Crippen LogP contribution >= 0.6 is 27.3 Å². The van der Waals surface area contributed by atoms with E-state index in [1.807, 2.05) is 18.0 Å². The lowest BCUT2D eigenvalue weighted by Crippen LogP contribution is -2.18. The molecule has 0 fully saturated rings. The highest BCUT2D eigenvalue weighted by atomic mass is 79.9. The van der Waals surface area contributed by atoms with Gasteiger partial charge in [-0.2, -0.15) is 0 Å². The molecule has 2 rings (SSSR count). The summed E-state index contributed by atoms with van der Waals surface area (Å²) >= 11 is 5.09. The maximum absolute atomic E-state index is 11.3. The minimum atomic E-state index is -0.508. The van der Waals surface area contributed by atoms with Crippen molar-refractivity contribution in [2.75, 3.05) is 17.7 Å². The van der Waals surface area contributed by atoms with Gasteiger partial charge in [0.05, 0.1) is 9.35 Å². The van der Waals surface area contributed by atoms with Gasteiger partial charge in [0.15, 0.2) is 0 Å². The zero-order chi connectivity index (χ0) is 14.0. The first-order chi connectivity index (χ1) is 8.97. The fourth-order valence-electron chi connectivity index (χ4n) is 1.79. The Bertz CT molecular complexity index is 612. The smallest absolute Gasteiger partial charge is 0.250 e. The van der Waals surface area contributed by atoms with Gasteiger partial charge in [-0.05, 0) is 51.1 Å². The second-order valence-corrected chi connectivity index (χ2v) is 6.54.